The molecule has 1 heterocycles. The highest BCUT2D eigenvalue weighted by Gasteiger charge is 2.22. The smallest absolute Gasteiger partial charge is 0.230 e. The van der Waals surface area contributed by atoms with E-state index in [1.165, 1.54) is 47.1 Å². The molecule has 23 heavy (non-hydrogen) atoms. The molecule has 5 nitrogen and oxygen atoms in total. The highest BCUT2D eigenvalue weighted by Crippen LogP contribution is 2.29. The van der Waals surface area contributed by atoms with E-state index in [4.69, 9.17) is 0 Å². The highest BCUT2D eigenvalue weighted by atomic mass is 32.2. The largest absolute Gasteiger partial charge is 0.357 e. The van der Waals surface area contributed by atoms with Crippen LogP contribution in [-0.2, 0) is 11.2 Å². The minimum Gasteiger partial charge on any atom is -0.357 e. The summed E-state index contributed by atoms with van der Waals surface area (Å²) in [5.41, 5.74) is 2.54. The number of carbonyl (C=O) groups is 1. The first-order valence-electron chi connectivity index (χ1n) is 7.75. The maximum absolute atomic E-state index is 11.9. The predicted molar refractivity (Wildman–Crippen MR) is 95.2 cm³/mol. The third kappa shape index (κ3) is 5.21. The molecule has 1 saturated carbocycles. The number of nitrogens with one attached hydrogen (secondary N) is 2. The molecule has 1 aliphatic rings. The number of thioether (sulfide) groups is 1. The Labute approximate surface area is 144 Å². The molecular weight excluding hydrogens is 328 g/mol. The normalized spacial score (nSPS) is 13.8. The molecule has 0 radical (unpaired) electrons. The van der Waals surface area contributed by atoms with E-state index < -0.39 is 0 Å². The van der Waals surface area contributed by atoms with Gasteiger partial charge in [0.1, 0.15) is 0 Å². The van der Waals surface area contributed by atoms with E-state index in [1.807, 2.05) is 12.1 Å². The summed E-state index contributed by atoms with van der Waals surface area (Å²) in [4.78, 5) is 11.9. The number of hydrogen-bond donors (Lipinski definition) is 2. The molecule has 1 aromatic carbocycles. The molecular formula is C16H20N4OS2. The molecule has 0 bridgehead atoms. The van der Waals surface area contributed by atoms with Crippen molar-refractivity contribution in [2.24, 2.45) is 0 Å². The van der Waals surface area contributed by atoms with E-state index in [0.717, 1.165) is 15.9 Å². The van der Waals surface area contributed by atoms with Crippen LogP contribution in [0.1, 0.15) is 24.0 Å². The first-order valence-corrected chi connectivity index (χ1v) is 9.55. The molecule has 1 fully saturated rings. The van der Waals surface area contributed by atoms with E-state index in [1.54, 1.807) is 0 Å². The molecule has 1 aliphatic carbocycles. The Kier molecular flexibility index (Phi) is 5.51. The Morgan fingerprint density at radius 1 is 1.35 bits per heavy atom. The molecule has 0 aliphatic heterocycles. The Hall–Kier alpha value is -1.60. The van der Waals surface area contributed by atoms with Crippen LogP contribution in [0.3, 0.4) is 0 Å². The van der Waals surface area contributed by atoms with Gasteiger partial charge < -0.3 is 10.6 Å². The van der Waals surface area contributed by atoms with Crippen molar-refractivity contribution >= 4 is 34.1 Å². The third-order valence-corrected chi connectivity index (χ3v) is 5.60. The van der Waals surface area contributed by atoms with Gasteiger partial charge in [-0.25, -0.2) is 0 Å². The second kappa shape index (κ2) is 7.79. The topological polar surface area (TPSA) is 66.9 Å². The summed E-state index contributed by atoms with van der Waals surface area (Å²) in [6.07, 6.45) is 3.29. The van der Waals surface area contributed by atoms with Gasteiger partial charge in [-0.1, -0.05) is 47.4 Å². The zero-order valence-corrected chi connectivity index (χ0v) is 14.7. The fraction of sp³-hybridized carbons (Fsp3) is 0.438. The van der Waals surface area contributed by atoms with Gasteiger partial charge in [-0.2, -0.15) is 0 Å². The van der Waals surface area contributed by atoms with E-state index >= 15 is 0 Å². The van der Waals surface area contributed by atoms with Crippen molar-refractivity contribution in [3.63, 3.8) is 0 Å². The van der Waals surface area contributed by atoms with Crippen LogP contribution in [0.4, 0.5) is 5.13 Å². The lowest BCUT2D eigenvalue weighted by atomic mass is 10.1. The fourth-order valence-corrected chi connectivity index (χ4v) is 3.79. The molecule has 1 aromatic heterocycles. The van der Waals surface area contributed by atoms with E-state index in [0.29, 0.717) is 18.3 Å². The number of nitrogens with zero attached hydrogens (tertiary/aromatic N) is 2. The molecule has 0 unspecified atom stereocenters. The van der Waals surface area contributed by atoms with Gasteiger partial charge in [0.15, 0.2) is 4.34 Å². The van der Waals surface area contributed by atoms with Crippen molar-refractivity contribution in [1.82, 2.24) is 15.5 Å². The summed E-state index contributed by atoms with van der Waals surface area (Å²) in [7, 11) is 0. The lowest BCUT2D eigenvalue weighted by Gasteiger charge is -2.06. The maximum Gasteiger partial charge on any atom is 0.230 e. The van der Waals surface area contributed by atoms with Crippen molar-refractivity contribution in [1.29, 1.82) is 0 Å². The van der Waals surface area contributed by atoms with E-state index in [-0.39, 0.29) is 5.91 Å². The summed E-state index contributed by atoms with van der Waals surface area (Å²) in [5.74, 6) is 0.418. The lowest BCUT2D eigenvalue weighted by molar-refractivity contribution is -0.118. The van der Waals surface area contributed by atoms with Crippen LogP contribution >= 0.6 is 23.1 Å². The average molecular weight is 348 g/mol. The number of benzene rings is 1. The van der Waals surface area contributed by atoms with Gasteiger partial charge in [0.05, 0.1) is 5.75 Å². The molecule has 1 amide bonds. The van der Waals surface area contributed by atoms with Crippen LogP contribution in [0, 0.1) is 6.92 Å². The zero-order valence-electron chi connectivity index (χ0n) is 13.0. The lowest BCUT2D eigenvalue weighted by Crippen LogP contribution is -2.27. The van der Waals surface area contributed by atoms with Crippen molar-refractivity contribution in [3.05, 3.63) is 35.4 Å². The standard InChI is InChI=1S/C16H20N4OS2/c1-11-4-2-3-5-12(11)8-9-17-14(21)10-22-16-20-19-15(23-16)18-13-6-7-13/h2-5,13H,6-10H2,1H3,(H,17,21)(H,18,19). The summed E-state index contributed by atoms with van der Waals surface area (Å²) in [5, 5.41) is 15.3. The van der Waals surface area contributed by atoms with Crippen molar-refractivity contribution in [2.75, 3.05) is 17.6 Å². The minimum absolute atomic E-state index is 0.0375. The Morgan fingerprint density at radius 2 is 2.17 bits per heavy atom. The van der Waals surface area contributed by atoms with Gasteiger partial charge >= 0.3 is 0 Å². The van der Waals surface area contributed by atoms with Crippen molar-refractivity contribution < 1.29 is 4.79 Å². The average Bonchev–Trinajstić information content (AvgIpc) is 3.24. The number of amides is 1. The number of aryl methyl sites for hydroxylation is 1. The van der Waals surface area contributed by atoms with Crippen LogP contribution in [0.2, 0.25) is 0 Å². The Bertz CT molecular complexity index is 670. The molecule has 3 rings (SSSR count). The minimum atomic E-state index is 0.0375. The second-order valence-corrected chi connectivity index (χ2v) is 7.81. The van der Waals surface area contributed by atoms with Gasteiger partial charge in [-0.3, -0.25) is 4.79 Å². The molecule has 122 valence electrons. The van der Waals surface area contributed by atoms with Gasteiger partial charge in [-0.15, -0.1) is 10.2 Å². The summed E-state index contributed by atoms with van der Waals surface area (Å²) >= 11 is 2.95. The van der Waals surface area contributed by atoms with Crippen LogP contribution in [0.25, 0.3) is 0 Å². The maximum atomic E-state index is 11.9. The fourth-order valence-electron chi connectivity index (χ4n) is 2.13. The summed E-state index contributed by atoms with van der Waals surface area (Å²) in [6, 6.07) is 8.83. The quantitative estimate of drug-likeness (QED) is 0.718. The van der Waals surface area contributed by atoms with Gasteiger partial charge in [0.25, 0.3) is 0 Å². The van der Waals surface area contributed by atoms with Crippen LogP contribution in [0.15, 0.2) is 28.6 Å². The molecule has 0 saturated heterocycles. The van der Waals surface area contributed by atoms with Crippen LogP contribution < -0.4 is 10.6 Å². The first-order chi connectivity index (χ1) is 11.2. The molecule has 0 spiro atoms. The first kappa shape index (κ1) is 16.3. The zero-order chi connectivity index (χ0) is 16.1. The third-order valence-electron chi connectivity index (χ3n) is 3.62. The Balaban J connectivity index is 1.36. The number of aromatic nitrogens is 2. The van der Waals surface area contributed by atoms with E-state index in [2.05, 4.69) is 39.9 Å². The van der Waals surface area contributed by atoms with Gasteiger partial charge in [0, 0.05) is 12.6 Å². The SMILES string of the molecule is Cc1ccccc1CCNC(=O)CSc1nnc(NC2CC2)s1. The molecule has 7 heteroatoms. The number of anilines is 1. The van der Waals surface area contributed by atoms with Crippen LogP contribution in [-0.4, -0.2) is 34.4 Å². The Morgan fingerprint density at radius 3 is 2.96 bits per heavy atom. The number of carbonyl (C=O) groups excluding carboxylic acids is 1. The second-order valence-electron chi connectivity index (χ2n) is 5.61. The molecule has 2 aromatic rings. The number of hydrogen-bond acceptors (Lipinski definition) is 6. The molecule has 0 atom stereocenters. The predicted octanol–water partition coefficient (Wildman–Crippen LogP) is 2.87. The van der Waals surface area contributed by atoms with Gasteiger partial charge in [-0.05, 0) is 37.3 Å². The number of rotatable bonds is 8. The summed E-state index contributed by atoms with van der Waals surface area (Å²) in [6.45, 7) is 2.75. The van der Waals surface area contributed by atoms with E-state index in [9.17, 15) is 4.79 Å². The van der Waals surface area contributed by atoms with Crippen molar-refractivity contribution in [3.8, 4) is 0 Å². The van der Waals surface area contributed by atoms with Crippen LogP contribution in [0.5, 0.6) is 0 Å². The molecule has 2 N–H and O–H groups in total. The highest BCUT2D eigenvalue weighted by molar-refractivity contribution is 8.01. The van der Waals surface area contributed by atoms with Gasteiger partial charge in [0.2, 0.25) is 11.0 Å². The monoisotopic (exact) mass is 348 g/mol. The van der Waals surface area contributed by atoms with Crippen molar-refractivity contribution in [2.45, 2.75) is 36.6 Å². The summed E-state index contributed by atoms with van der Waals surface area (Å²) < 4.78 is 0.835.